The number of aromatic nitrogens is 3. The van der Waals surface area contributed by atoms with Crippen molar-refractivity contribution in [1.29, 1.82) is 0 Å². The average Bonchev–Trinajstić information content (AvgIpc) is 3.72. The smallest absolute Gasteiger partial charge is 0.164 e. The van der Waals surface area contributed by atoms with Crippen molar-refractivity contribution in [2.24, 2.45) is 0 Å². The van der Waals surface area contributed by atoms with Gasteiger partial charge in [0.1, 0.15) is 11.2 Å². The highest BCUT2D eigenvalue weighted by Gasteiger charge is 2.19. The number of para-hydroxylation sites is 1. The summed E-state index contributed by atoms with van der Waals surface area (Å²) in [4.78, 5) is 15.0. The summed E-state index contributed by atoms with van der Waals surface area (Å²) in [6.07, 6.45) is 0. The van der Waals surface area contributed by atoms with E-state index in [2.05, 4.69) is 36.4 Å². The quantitative estimate of drug-likeness (QED) is 0.206. The van der Waals surface area contributed by atoms with Crippen LogP contribution in [0.3, 0.4) is 0 Å². The highest BCUT2D eigenvalue weighted by atomic mass is 32.1. The first-order chi connectivity index (χ1) is 23.9. The van der Waals surface area contributed by atoms with E-state index in [4.69, 9.17) is 26.2 Å². The fourth-order valence-corrected chi connectivity index (χ4v) is 6.91. The Morgan fingerprint density at radius 1 is 0.523 bits per heavy atom. The summed E-state index contributed by atoms with van der Waals surface area (Å²) in [6.45, 7) is 0. The lowest BCUT2D eigenvalue weighted by atomic mass is 10.0. The SMILES string of the molecule is [2H]c1c([2H])c([2H])c(-c2cccc3c2oc2cccc(-c4nc(-c5ccccc5)nc(-c5ccc6sc7ccccc7c6c5)n4)c23)c([2H])c1[2H]. The van der Waals surface area contributed by atoms with Crippen molar-refractivity contribution in [3.05, 3.63) is 139 Å². The second-order valence-corrected chi connectivity index (χ2v) is 11.5. The van der Waals surface area contributed by atoms with Crippen molar-refractivity contribution in [2.75, 3.05) is 0 Å². The van der Waals surface area contributed by atoms with E-state index in [0.717, 1.165) is 27.5 Å². The van der Waals surface area contributed by atoms with Crippen LogP contribution in [0.15, 0.2) is 144 Å². The molecule has 9 rings (SSSR count). The van der Waals surface area contributed by atoms with Crippen LogP contribution in [0.4, 0.5) is 0 Å². The molecule has 3 aromatic heterocycles. The molecule has 5 heteroatoms. The molecule has 9 aromatic rings. The molecule has 0 N–H and O–H groups in total. The van der Waals surface area contributed by atoms with Gasteiger partial charge in [-0.2, -0.15) is 0 Å². The van der Waals surface area contributed by atoms with Crippen LogP contribution in [0.2, 0.25) is 0 Å². The van der Waals surface area contributed by atoms with E-state index in [0.29, 0.717) is 39.6 Å². The van der Waals surface area contributed by atoms with Crippen LogP contribution in [0.25, 0.3) is 87.4 Å². The molecule has 0 bridgehead atoms. The van der Waals surface area contributed by atoms with Gasteiger partial charge >= 0.3 is 0 Å². The maximum absolute atomic E-state index is 8.61. The minimum atomic E-state index is -0.441. The molecule has 0 fully saturated rings. The molecule has 0 spiro atoms. The third-order valence-corrected chi connectivity index (χ3v) is 8.99. The number of benzene rings is 6. The van der Waals surface area contributed by atoms with E-state index >= 15 is 0 Å². The van der Waals surface area contributed by atoms with Crippen LogP contribution in [-0.4, -0.2) is 15.0 Å². The van der Waals surface area contributed by atoms with Gasteiger partial charge in [-0.3, -0.25) is 0 Å². The molecule has 4 nitrogen and oxygen atoms in total. The lowest BCUT2D eigenvalue weighted by Crippen LogP contribution is -2.00. The molecule has 44 heavy (non-hydrogen) atoms. The van der Waals surface area contributed by atoms with Crippen LogP contribution in [0.5, 0.6) is 0 Å². The minimum Gasteiger partial charge on any atom is -0.455 e. The van der Waals surface area contributed by atoms with Crippen LogP contribution < -0.4 is 0 Å². The van der Waals surface area contributed by atoms with E-state index in [1.165, 1.54) is 14.8 Å². The Kier molecular flexibility index (Phi) is 4.60. The van der Waals surface area contributed by atoms with Gasteiger partial charge in [-0.05, 0) is 35.9 Å². The van der Waals surface area contributed by atoms with Gasteiger partial charge in [0.05, 0.1) is 6.85 Å². The van der Waals surface area contributed by atoms with E-state index in [-0.39, 0.29) is 17.6 Å². The van der Waals surface area contributed by atoms with Gasteiger partial charge in [0.15, 0.2) is 17.5 Å². The van der Waals surface area contributed by atoms with Gasteiger partial charge in [0.2, 0.25) is 0 Å². The third-order valence-electron chi connectivity index (χ3n) is 7.84. The maximum Gasteiger partial charge on any atom is 0.164 e. The molecule has 206 valence electrons. The number of nitrogens with zero attached hydrogens (tertiary/aromatic N) is 3. The predicted octanol–water partition coefficient (Wildman–Crippen LogP) is 10.8. The molecule has 0 radical (unpaired) electrons. The Balaban J connectivity index is 1.29. The van der Waals surface area contributed by atoms with Crippen molar-refractivity contribution >= 4 is 53.4 Å². The van der Waals surface area contributed by atoms with Crippen LogP contribution in [0.1, 0.15) is 6.85 Å². The van der Waals surface area contributed by atoms with E-state index in [1.807, 2.05) is 60.7 Å². The van der Waals surface area contributed by atoms with E-state index < -0.39 is 18.1 Å². The predicted molar refractivity (Wildman–Crippen MR) is 182 cm³/mol. The standard InChI is InChI=1S/C39H23N3OS/c1-3-11-24(12-4-1)27-16-9-17-29-35-30(18-10-19-32(35)43-36(27)29)39-41-37(25-13-5-2-6-14-25)40-38(42-39)26-21-22-34-31(23-26)28-15-7-8-20-33(28)44-34/h1-23H/i1D,3D,4D,11D,12D. The van der Waals surface area contributed by atoms with Gasteiger partial charge in [0, 0.05) is 53.2 Å². The zero-order valence-corrected chi connectivity index (χ0v) is 23.9. The molecule has 0 unspecified atom stereocenters. The summed E-state index contributed by atoms with van der Waals surface area (Å²) in [5.41, 5.74) is 3.90. The molecular weight excluding hydrogens is 559 g/mol. The zero-order valence-electron chi connectivity index (χ0n) is 28.1. The molecule has 0 aliphatic carbocycles. The average molecular weight is 587 g/mol. The molecule has 0 amide bonds. The second kappa shape index (κ2) is 9.97. The highest BCUT2D eigenvalue weighted by molar-refractivity contribution is 7.25. The molecule has 3 heterocycles. The number of furan rings is 1. The molecule has 0 aliphatic heterocycles. The Bertz CT molecular complexity index is 2770. The zero-order chi connectivity index (χ0) is 33.4. The molecule has 6 aromatic carbocycles. The summed E-state index contributed by atoms with van der Waals surface area (Å²) in [6, 6.07) is 33.7. The summed E-state index contributed by atoms with van der Waals surface area (Å²) in [7, 11) is 0. The monoisotopic (exact) mass is 586 g/mol. The summed E-state index contributed by atoms with van der Waals surface area (Å²) >= 11 is 1.76. The van der Waals surface area contributed by atoms with Gasteiger partial charge in [-0.25, -0.2) is 15.0 Å². The Labute approximate surface area is 264 Å². The fourth-order valence-electron chi connectivity index (χ4n) is 5.82. The first kappa shape index (κ1) is 20.3. The normalized spacial score (nSPS) is 13.2. The van der Waals surface area contributed by atoms with Crippen molar-refractivity contribution in [1.82, 2.24) is 15.0 Å². The Morgan fingerprint density at radius 2 is 1.23 bits per heavy atom. The summed E-state index contributed by atoms with van der Waals surface area (Å²) < 4.78 is 50.6. The summed E-state index contributed by atoms with van der Waals surface area (Å²) in [5.74, 6) is 1.52. The van der Waals surface area contributed by atoms with E-state index in [1.54, 1.807) is 23.5 Å². The molecule has 0 saturated carbocycles. The van der Waals surface area contributed by atoms with Crippen molar-refractivity contribution in [3.8, 4) is 45.3 Å². The minimum absolute atomic E-state index is 0.0855. The molecule has 0 aliphatic rings. The number of hydrogen-bond acceptors (Lipinski definition) is 5. The number of thiophene rings is 1. The second-order valence-electron chi connectivity index (χ2n) is 10.4. The van der Waals surface area contributed by atoms with E-state index in [9.17, 15) is 0 Å². The van der Waals surface area contributed by atoms with Gasteiger partial charge in [0.25, 0.3) is 0 Å². The largest absolute Gasteiger partial charge is 0.455 e. The first-order valence-corrected chi connectivity index (χ1v) is 14.9. The highest BCUT2D eigenvalue weighted by Crippen LogP contribution is 2.41. The lowest BCUT2D eigenvalue weighted by Gasteiger charge is -2.09. The number of hydrogen-bond donors (Lipinski definition) is 0. The third kappa shape index (κ3) is 4.02. The van der Waals surface area contributed by atoms with Crippen molar-refractivity contribution < 1.29 is 11.3 Å². The van der Waals surface area contributed by atoms with Crippen LogP contribution >= 0.6 is 11.3 Å². The van der Waals surface area contributed by atoms with Gasteiger partial charge in [-0.15, -0.1) is 11.3 Å². The Hall–Kier alpha value is -5.65. The first-order valence-electron chi connectivity index (χ1n) is 16.6. The molecular formula is C39H23N3OS. The number of fused-ring (bicyclic) bond motifs is 6. The van der Waals surface area contributed by atoms with Gasteiger partial charge < -0.3 is 4.42 Å². The Morgan fingerprint density at radius 3 is 2.11 bits per heavy atom. The fraction of sp³-hybridized carbons (Fsp3) is 0. The maximum atomic E-state index is 8.61. The van der Waals surface area contributed by atoms with Crippen molar-refractivity contribution in [2.45, 2.75) is 0 Å². The van der Waals surface area contributed by atoms with Crippen LogP contribution in [-0.2, 0) is 0 Å². The summed E-state index contributed by atoms with van der Waals surface area (Å²) in [5, 5.41) is 3.79. The number of rotatable bonds is 4. The van der Waals surface area contributed by atoms with Crippen molar-refractivity contribution in [3.63, 3.8) is 0 Å². The topological polar surface area (TPSA) is 51.8 Å². The lowest BCUT2D eigenvalue weighted by molar-refractivity contribution is 0.670. The van der Waals surface area contributed by atoms with Gasteiger partial charge in [-0.1, -0.05) is 109 Å². The van der Waals surface area contributed by atoms with Crippen LogP contribution in [0, 0.1) is 0 Å². The molecule has 0 saturated heterocycles. The molecule has 0 atom stereocenters.